The number of hydrogen-bond donors (Lipinski definition) is 0. The summed E-state index contributed by atoms with van der Waals surface area (Å²) in [5.74, 6) is 0. The molecule has 2 unspecified atom stereocenters. The van der Waals surface area contributed by atoms with Gasteiger partial charge in [0.05, 0.1) is 6.10 Å². The molecule has 2 heteroatoms. The third-order valence-electron chi connectivity index (χ3n) is 3.71. The van der Waals surface area contributed by atoms with E-state index < -0.39 is 0 Å². The Bertz CT molecular complexity index is 257. The van der Waals surface area contributed by atoms with Gasteiger partial charge in [0, 0.05) is 6.04 Å². The second kappa shape index (κ2) is 3.71. The van der Waals surface area contributed by atoms with E-state index in [0.29, 0.717) is 6.04 Å². The largest absolute Gasteiger partial charge is 0.356 e. The van der Waals surface area contributed by atoms with Crippen LogP contribution in [0.25, 0.3) is 0 Å². The molecule has 2 atom stereocenters. The molecule has 1 rings (SSSR count). The predicted octanol–water partition coefficient (Wildman–Crippen LogP) is 3.51. The van der Waals surface area contributed by atoms with Crippen LogP contribution in [-0.4, -0.2) is 29.8 Å². The van der Waals surface area contributed by atoms with Gasteiger partial charge in [-0.15, -0.1) is 0 Å². The molecule has 2 nitrogen and oxygen atoms in total. The van der Waals surface area contributed by atoms with Crippen LogP contribution >= 0.6 is 0 Å². The van der Waals surface area contributed by atoms with Gasteiger partial charge < -0.3 is 4.74 Å². The number of ether oxygens (including phenoxy) is 1. The van der Waals surface area contributed by atoms with Crippen molar-refractivity contribution in [1.82, 2.24) is 4.90 Å². The fourth-order valence-corrected chi connectivity index (χ4v) is 2.68. The molecular formula is C14H29NO. The van der Waals surface area contributed by atoms with E-state index in [1.165, 1.54) is 0 Å². The van der Waals surface area contributed by atoms with Crippen LogP contribution in [0, 0.1) is 10.8 Å². The van der Waals surface area contributed by atoms with Crippen molar-refractivity contribution in [3.05, 3.63) is 0 Å². The summed E-state index contributed by atoms with van der Waals surface area (Å²) >= 11 is 0. The lowest BCUT2D eigenvalue weighted by Gasteiger charge is -2.40. The van der Waals surface area contributed by atoms with E-state index in [-0.39, 0.29) is 22.7 Å². The van der Waals surface area contributed by atoms with E-state index in [0.717, 1.165) is 0 Å². The van der Waals surface area contributed by atoms with Crippen molar-refractivity contribution < 1.29 is 4.74 Å². The summed E-state index contributed by atoms with van der Waals surface area (Å²) in [5, 5.41) is 0. The molecule has 0 radical (unpaired) electrons. The quantitative estimate of drug-likeness (QED) is 0.628. The third-order valence-corrected chi connectivity index (χ3v) is 3.71. The highest BCUT2D eigenvalue weighted by atomic mass is 16.5. The van der Waals surface area contributed by atoms with E-state index in [4.69, 9.17) is 4.74 Å². The molecule has 1 fully saturated rings. The molecule has 1 saturated heterocycles. The van der Waals surface area contributed by atoms with Gasteiger partial charge in [0.15, 0.2) is 0 Å². The molecule has 0 aromatic rings. The SMILES string of the molecule is CN1C(C(C)(C)C)C(C(C)(C)C)OC1(C)C. The maximum Gasteiger partial charge on any atom is 0.116 e. The van der Waals surface area contributed by atoms with Crippen LogP contribution in [0.3, 0.4) is 0 Å². The summed E-state index contributed by atoms with van der Waals surface area (Å²) in [7, 11) is 2.18. The van der Waals surface area contributed by atoms with Crippen molar-refractivity contribution in [1.29, 1.82) is 0 Å². The second-order valence-corrected chi connectivity index (χ2v) is 7.77. The minimum Gasteiger partial charge on any atom is -0.356 e. The van der Waals surface area contributed by atoms with Crippen molar-refractivity contribution in [2.75, 3.05) is 7.05 Å². The van der Waals surface area contributed by atoms with E-state index in [1.807, 2.05) is 0 Å². The van der Waals surface area contributed by atoms with Crippen LogP contribution in [0.5, 0.6) is 0 Å². The highest BCUT2D eigenvalue weighted by Crippen LogP contribution is 2.45. The highest BCUT2D eigenvalue weighted by molar-refractivity contribution is 5.01. The summed E-state index contributed by atoms with van der Waals surface area (Å²) in [6, 6.07) is 0.461. The smallest absolute Gasteiger partial charge is 0.116 e. The first kappa shape index (κ1) is 14.0. The minimum absolute atomic E-state index is 0.157. The molecule has 0 N–H and O–H groups in total. The second-order valence-electron chi connectivity index (χ2n) is 7.77. The first-order valence-corrected chi connectivity index (χ1v) is 6.28. The summed E-state index contributed by atoms with van der Waals surface area (Å²) in [6.45, 7) is 18.0. The highest BCUT2D eigenvalue weighted by Gasteiger charge is 2.53. The zero-order valence-electron chi connectivity index (χ0n) is 12.5. The molecule has 1 heterocycles. The van der Waals surface area contributed by atoms with Crippen molar-refractivity contribution in [2.24, 2.45) is 10.8 Å². The predicted molar refractivity (Wildman–Crippen MR) is 69.4 cm³/mol. The molecule has 0 amide bonds. The molecular weight excluding hydrogens is 198 g/mol. The molecule has 0 aliphatic carbocycles. The van der Waals surface area contributed by atoms with E-state index in [9.17, 15) is 0 Å². The molecule has 1 aliphatic rings. The monoisotopic (exact) mass is 227 g/mol. The van der Waals surface area contributed by atoms with E-state index >= 15 is 0 Å². The summed E-state index contributed by atoms with van der Waals surface area (Å²) < 4.78 is 6.29. The van der Waals surface area contributed by atoms with Gasteiger partial charge in [0.25, 0.3) is 0 Å². The maximum atomic E-state index is 6.29. The third kappa shape index (κ3) is 2.43. The zero-order chi connectivity index (χ0) is 12.9. The normalized spacial score (nSPS) is 32.1. The Morgan fingerprint density at radius 3 is 1.62 bits per heavy atom. The molecule has 0 aromatic carbocycles. The summed E-state index contributed by atoms with van der Waals surface area (Å²) in [6.07, 6.45) is 0.285. The lowest BCUT2D eigenvalue weighted by molar-refractivity contribution is -0.0940. The van der Waals surface area contributed by atoms with Gasteiger partial charge >= 0.3 is 0 Å². The van der Waals surface area contributed by atoms with Gasteiger partial charge in [0.2, 0.25) is 0 Å². The first-order chi connectivity index (χ1) is 6.87. The van der Waals surface area contributed by atoms with Crippen molar-refractivity contribution >= 4 is 0 Å². The molecule has 1 aliphatic heterocycles. The average Bonchev–Trinajstić information content (AvgIpc) is 2.20. The Morgan fingerprint density at radius 1 is 0.938 bits per heavy atom. The standard InChI is InChI=1S/C14H29NO/c1-12(2,3)10-11(13(4,5)6)16-14(7,8)15(10)9/h10-11H,1-9H3. The Labute approximate surface area is 101 Å². The average molecular weight is 227 g/mol. The molecule has 0 spiro atoms. The van der Waals surface area contributed by atoms with Gasteiger partial charge in [-0.1, -0.05) is 41.5 Å². The van der Waals surface area contributed by atoms with Crippen molar-refractivity contribution in [3.8, 4) is 0 Å². The summed E-state index contributed by atoms with van der Waals surface area (Å²) in [5.41, 5.74) is 0.260. The van der Waals surface area contributed by atoms with E-state index in [2.05, 4.69) is 67.3 Å². The Kier molecular flexibility index (Phi) is 3.24. The van der Waals surface area contributed by atoms with Gasteiger partial charge in [-0.2, -0.15) is 0 Å². The Balaban J connectivity index is 3.10. The fraction of sp³-hybridized carbons (Fsp3) is 1.00. The fourth-order valence-electron chi connectivity index (χ4n) is 2.68. The Hall–Kier alpha value is -0.0800. The molecule has 96 valence electrons. The van der Waals surface area contributed by atoms with Crippen LogP contribution < -0.4 is 0 Å². The first-order valence-electron chi connectivity index (χ1n) is 6.28. The van der Waals surface area contributed by atoms with E-state index in [1.54, 1.807) is 0 Å². The lowest BCUT2D eigenvalue weighted by atomic mass is 9.74. The molecule has 0 bridgehead atoms. The number of hydrogen-bond acceptors (Lipinski definition) is 2. The number of likely N-dealkylation sites (N-methyl/N-ethyl adjacent to an activating group) is 1. The van der Waals surface area contributed by atoms with Crippen LogP contribution in [0.2, 0.25) is 0 Å². The lowest BCUT2D eigenvalue weighted by Crippen LogP contribution is -2.50. The van der Waals surface area contributed by atoms with Crippen molar-refractivity contribution in [3.63, 3.8) is 0 Å². The Morgan fingerprint density at radius 2 is 1.38 bits per heavy atom. The van der Waals surface area contributed by atoms with Gasteiger partial charge in [-0.05, 0) is 31.7 Å². The summed E-state index contributed by atoms with van der Waals surface area (Å²) in [4.78, 5) is 2.39. The van der Waals surface area contributed by atoms with Crippen LogP contribution in [0.4, 0.5) is 0 Å². The van der Waals surface area contributed by atoms with Crippen LogP contribution in [-0.2, 0) is 4.74 Å². The number of nitrogens with zero attached hydrogens (tertiary/aromatic N) is 1. The minimum atomic E-state index is -0.157. The van der Waals surface area contributed by atoms with Crippen LogP contribution in [0.15, 0.2) is 0 Å². The van der Waals surface area contributed by atoms with Crippen LogP contribution in [0.1, 0.15) is 55.4 Å². The topological polar surface area (TPSA) is 12.5 Å². The number of rotatable bonds is 0. The van der Waals surface area contributed by atoms with Gasteiger partial charge in [0.1, 0.15) is 5.72 Å². The molecule has 16 heavy (non-hydrogen) atoms. The van der Waals surface area contributed by atoms with Crippen molar-refractivity contribution in [2.45, 2.75) is 73.3 Å². The van der Waals surface area contributed by atoms with Gasteiger partial charge in [-0.3, -0.25) is 4.90 Å². The zero-order valence-corrected chi connectivity index (χ0v) is 12.5. The maximum absolute atomic E-state index is 6.29. The molecule has 0 aromatic heterocycles. The molecule has 0 saturated carbocycles. The van der Waals surface area contributed by atoms with Gasteiger partial charge in [-0.25, -0.2) is 0 Å².